The predicted octanol–water partition coefficient (Wildman–Crippen LogP) is 25.7. The average molecular weight is 2050 g/mol. The lowest BCUT2D eigenvalue weighted by atomic mass is 9.72. The zero-order chi connectivity index (χ0) is 111. The van der Waals surface area contributed by atoms with Crippen LogP contribution >= 0.6 is 0 Å². The second kappa shape index (κ2) is 67.1. The summed E-state index contributed by atoms with van der Waals surface area (Å²) in [4.78, 5) is 32.3. The second-order valence-electron chi connectivity index (χ2n) is 59.6. The topological polar surface area (TPSA) is 207 Å². The van der Waals surface area contributed by atoms with Crippen molar-refractivity contribution in [3.05, 3.63) is 36.8 Å². The van der Waals surface area contributed by atoms with E-state index in [2.05, 4.69) is 389 Å². The molecular formula is C125H255N15O5. The fourth-order valence-electron chi connectivity index (χ4n) is 20.7. The summed E-state index contributed by atoms with van der Waals surface area (Å²) in [5, 5.41) is 36.5. The molecule has 14 rings (SSSR count). The van der Waals surface area contributed by atoms with E-state index in [0.29, 0.717) is 91.1 Å². The highest BCUT2D eigenvalue weighted by atomic mass is 16.5. The van der Waals surface area contributed by atoms with Gasteiger partial charge in [0.2, 0.25) is 11.8 Å². The summed E-state index contributed by atoms with van der Waals surface area (Å²) in [5.41, 5.74) is 8.92. The molecule has 14 fully saturated rings. The first kappa shape index (κ1) is 140. The number of carbonyl (C=O) groups is 2. The van der Waals surface area contributed by atoms with Gasteiger partial charge in [-0.1, -0.05) is 260 Å². The van der Waals surface area contributed by atoms with Crippen molar-refractivity contribution >= 4 is 11.8 Å². The second-order valence-corrected chi connectivity index (χ2v) is 59.6. The van der Waals surface area contributed by atoms with Crippen molar-refractivity contribution in [3.63, 3.8) is 0 Å². The van der Waals surface area contributed by atoms with Crippen molar-refractivity contribution < 1.29 is 23.8 Å². The maximum absolute atomic E-state index is 11.3. The Morgan fingerprint density at radius 1 is 0.276 bits per heavy atom. The summed E-state index contributed by atoms with van der Waals surface area (Å²) in [6, 6.07) is 2.55. The Hall–Kier alpha value is -2.96. The van der Waals surface area contributed by atoms with Gasteiger partial charge >= 0.3 is 0 Å². The van der Waals surface area contributed by atoms with Gasteiger partial charge in [-0.25, -0.2) is 0 Å². The van der Waals surface area contributed by atoms with E-state index >= 15 is 0 Å². The summed E-state index contributed by atoms with van der Waals surface area (Å²) in [6.07, 6.45) is 33.0. The number of nitrogens with zero attached hydrogens (tertiary/aromatic N) is 4. The molecule has 0 aromatic carbocycles. The lowest BCUT2D eigenvalue weighted by Crippen LogP contribution is -2.54. The van der Waals surface area contributed by atoms with Crippen LogP contribution in [0.15, 0.2) is 36.8 Å². The van der Waals surface area contributed by atoms with Gasteiger partial charge in [0, 0.05) is 180 Å². The highest BCUT2D eigenvalue weighted by Crippen LogP contribution is 2.40. The molecule has 0 bridgehead atoms. The van der Waals surface area contributed by atoms with Crippen LogP contribution in [-0.4, -0.2) is 254 Å². The number of nitrogens with one attached hydrogen (secondary N) is 11. The van der Waals surface area contributed by atoms with Gasteiger partial charge in [0.15, 0.2) is 0 Å². The molecule has 13 saturated heterocycles. The highest BCUT2D eigenvalue weighted by molar-refractivity contribution is 5.80. The van der Waals surface area contributed by atoms with Gasteiger partial charge in [0.05, 0.1) is 39.1 Å². The van der Waals surface area contributed by atoms with Gasteiger partial charge in [0.25, 0.3) is 0 Å². The van der Waals surface area contributed by atoms with Crippen LogP contribution in [0.25, 0.3) is 0 Å². The molecule has 13 aliphatic heterocycles. The monoisotopic (exact) mass is 2050 g/mol. The Kier molecular flexibility index (Phi) is 64.8. The molecule has 860 valence electrons. The largest absolute Gasteiger partial charge is 0.389 e. The molecular weight excluding hydrogens is 1790 g/mol. The van der Waals surface area contributed by atoms with Crippen LogP contribution in [0.5, 0.6) is 0 Å². The Morgan fingerprint density at radius 3 is 1.08 bits per heavy atom. The Bertz CT molecular complexity index is 2850. The number of morpholine rings is 3. The van der Waals surface area contributed by atoms with Gasteiger partial charge in [-0.15, -0.1) is 0 Å². The van der Waals surface area contributed by atoms with Gasteiger partial charge in [0.1, 0.15) is 0 Å². The van der Waals surface area contributed by atoms with Crippen molar-refractivity contribution in [2.75, 3.05) is 170 Å². The molecule has 0 aromatic rings. The summed E-state index contributed by atoms with van der Waals surface area (Å²) in [5.74, 6) is 3.95. The molecule has 9 atom stereocenters. The maximum atomic E-state index is 11.3. The Labute approximate surface area is 903 Å². The number of ether oxygens (including phenoxy) is 3. The number of hydrogen-bond acceptors (Lipinski definition) is 18. The van der Waals surface area contributed by atoms with E-state index in [0.717, 1.165) is 174 Å². The number of amides is 2. The van der Waals surface area contributed by atoms with Gasteiger partial charge in [-0.05, 0) is 316 Å². The van der Waals surface area contributed by atoms with E-state index in [4.69, 9.17) is 14.2 Å². The fraction of sp³-hybridized carbons (Fsp3) is 0.936. The summed E-state index contributed by atoms with van der Waals surface area (Å²) < 4.78 is 16.2. The molecule has 0 spiro atoms. The molecule has 13 heterocycles. The van der Waals surface area contributed by atoms with Crippen LogP contribution < -0.4 is 58.5 Å². The highest BCUT2D eigenvalue weighted by Gasteiger charge is 2.38. The first-order valence-corrected chi connectivity index (χ1v) is 59.4. The van der Waals surface area contributed by atoms with Crippen LogP contribution in [0.1, 0.15) is 451 Å². The van der Waals surface area contributed by atoms with Crippen LogP contribution in [0.3, 0.4) is 0 Å². The number of rotatable bonds is 0. The molecule has 1 aliphatic carbocycles. The van der Waals surface area contributed by atoms with Gasteiger partial charge < -0.3 is 77.6 Å². The number of carbonyl (C=O) groups excluding carboxylic acids is 2. The predicted molar refractivity (Wildman–Crippen MR) is 634 cm³/mol. The first-order valence-electron chi connectivity index (χ1n) is 59.4. The number of hydrogen-bond donors (Lipinski definition) is 11. The summed E-state index contributed by atoms with van der Waals surface area (Å²) >= 11 is 0. The van der Waals surface area contributed by atoms with Crippen LogP contribution in [-0.2, 0) is 23.8 Å². The van der Waals surface area contributed by atoms with Crippen molar-refractivity contribution in [2.45, 2.75) is 504 Å². The Morgan fingerprint density at radius 2 is 0.752 bits per heavy atom. The third-order valence-corrected chi connectivity index (χ3v) is 32.1. The molecule has 9 unspecified atom stereocenters. The zero-order valence-corrected chi connectivity index (χ0v) is 105. The third-order valence-electron chi connectivity index (χ3n) is 32.1. The molecule has 0 aromatic heterocycles. The van der Waals surface area contributed by atoms with E-state index in [1.54, 1.807) is 0 Å². The summed E-state index contributed by atoms with van der Waals surface area (Å²) in [7, 11) is 0. The van der Waals surface area contributed by atoms with E-state index < -0.39 is 0 Å². The molecule has 145 heavy (non-hydrogen) atoms. The fourth-order valence-corrected chi connectivity index (χ4v) is 20.7. The number of piperidine rings is 8. The standard InChI is InChI=1S/3C10H19N.C10H20.2C9H17NO.3C9H19N.2C8H18N2.3C8H17NO/c1-8-5-6-9(7-11-8)10(2,3)4;1-9-7-5-6-8-11(9)10(2,3)4;1-8-6-5-7-9(11-8)10(2,3)4;1-10(2,3)9-7-5-4-6-8-9;1-9(2,3)7-4-5-10-8(11)6-7;1-9(2,3)7-5-4-6-10-8(7)11;1-9(2,3)8-5-4-6-10-7-8;1-9(2,3)10-7-5-4-6-8-10;1-9(2,3)8-6-4-5-7-10-8;1-8(2,3)10-6-4-9-5-7-10;1-8(2,3)7-6-9-4-5-10-7;1-8(2,3)9-4-6-10-7-5-9;1-8(2,3)7-6-10-5-4-9-7;1-8(2,3)7-6-9-4-5-10-7/h9,11H,1,5-7H2,2-4H3;1,5-8H2,2-4H3;9,11H,1,5-7H2,2-4H3;9H,4-8H2,1-3H3;2*7H,4-6H2,1-3H3,(H,10,11);8,10H,4-7H2,1-3H3;4-8H2,1-3H3;8,10H,4-7H2,1-3H3;9H,4-7H2,1-3H3;7,9-10H,4-6H2,1-3H3;4-7H2,1-3H3;2*7,9H,4-6H2,1-3H3. The first-order chi connectivity index (χ1) is 66.5. The van der Waals surface area contributed by atoms with E-state index in [1.807, 2.05) is 0 Å². The minimum Gasteiger partial charge on any atom is -0.389 e. The number of allylic oxidation sites excluding steroid dienone is 3. The van der Waals surface area contributed by atoms with Crippen molar-refractivity contribution in [1.82, 2.24) is 78.1 Å². The maximum Gasteiger partial charge on any atom is 0.223 e. The van der Waals surface area contributed by atoms with Gasteiger partial charge in [-0.2, -0.15) is 0 Å². The van der Waals surface area contributed by atoms with E-state index in [1.165, 1.54) is 191 Å². The van der Waals surface area contributed by atoms with Crippen LogP contribution in [0.4, 0.5) is 0 Å². The lowest BCUT2D eigenvalue weighted by Gasteiger charge is -2.41. The normalized spacial score (nSPS) is 25.8. The van der Waals surface area contributed by atoms with Gasteiger partial charge in [-0.3, -0.25) is 24.3 Å². The molecule has 20 nitrogen and oxygen atoms in total. The zero-order valence-electron chi connectivity index (χ0n) is 105. The smallest absolute Gasteiger partial charge is 0.223 e. The number of likely N-dealkylation sites (tertiary alicyclic amines) is 2. The van der Waals surface area contributed by atoms with Crippen LogP contribution in [0.2, 0.25) is 0 Å². The molecule has 14 aliphatic rings. The summed E-state index contributed by atoms with van der Waals surface area (Å²) in [6.45, 7) is 135. The van der Waals surface area contributed by atoms with Crippen molar-refractivity contribution in [1.29, 1.82) is 0 Å². The van der Waals surface area contributed by atoms with E-state index in [-0.39, 0.29) is 39.5 Å². The van der Waals surface area contributed by atoms with Crippen LogP contribution in [0, 0.1) is 83.7 Å². The quantitative estimate of drug-likeness (QED) is 0.109. The molecule has 1 saturated carbocycles. The minimum atomic E-state index is 0.129. The molecule has 0 radical (unpaired) electrons. The molecule has 2 amide bonds. The van der Waals surface area contributed by atoms with Crippen molar-refractivity contribution in [2.24, 2.45) is 83.7 Å². The minimum absolute atomic E-state index is 0.129. The number of piperazine rings is 2. The molecule has 11 N–H and O–H groups in total. The lowest BCUT2D eigenvalue weighted by molar-refractivity contribution is -0.130. The van der Waals surface area contributed by atoms with E-state index in [9.17, 15) is 9.59 Å². The SMILES string of the molecule is C=C1CCC(C(C)(C)C)CN1.C=C1CCCC(C(C)(C)C)N1.C=C1CCCCN1C(C)(C)C.CC(C)(C)C1CCCCC1.CC(C)(C)C1CCCCN1.CC(C)(C)C1CCCNC1.CC(C)(C)C1CCCNC1=O.CC(C)(C)C1CCNC(=O)C1.CC(C)(C)C1CNCCN1.CC(C)(C)C1CNCCO1.CC(C)(C)C1COCCN1.CC(C)(C)N1CCCCC1.CC(C)(C)N1CCNCC1.CC(C)(C)N1CCOCC1. The average Bonchev–Trinajstić information content (AvgIpc) is 0.846. The Balaban J connectivity index is 0.000000781. The third kappa shape index (κ3) is 64.9. The van der Waals surface area contributed by atoms with Crippen molar-refractivity contribution in [3.8, 4) is 0 Å². The molecule has 20 heteroatoms.